The fourth-order valence-electron chi connectivity index (χ4n) is 2.91. The maximum Gasteiger partial charge on any atom is 0.417 e. The van der Waals surface area contributed by atoms with E-state index in [2.05, 4.69) is 4.72 Å². The molecule has 1 aromatic rings. The summed E-state index contributed by atoms with van der Waals surface area (Å²) in [6.07, 6.45) is -1.78. The van der Waals surface area contributed by atoms with E-state index in [1.54, 1.807) is 0 Å². The van der Waals surface area contributed by atoms with Crippen molar-refractivity contribution in [3.8, 4) is 0 Å². The third kappa shape index (κ3) is 4.17. The minimum Gasteiger partial charge on any atom is -0.330 e. The average Bonchev–Trinajstić information content (AvgIpc) is 2.46. The molecule has 1 saturated carbocycles. The summed E-state index contributed by atoms with van der Waals surface area (Å²) in [5.41, 5.74) is 4.37. The Hall–Kier alpha value is -0.830. The third-order valence-electron chi connectivity index (χ3n) is 4.06. The highest BCUT2D eigenvalue weighted by Gasteiger charge is 2.39. The molecule has 1 aliphatic carbocycles. The second-order valence-electron chi connectivity index (χ2n) is 5.62. The van der Waals surface area contributed by atoms with E-state index in [0.717, 1.165) is 31.4 Å². The Bertz CT molecular complexity index is 664. The van der Waals surface area contributed by atoms with Crippen molar-refractivity contribution in [1.82, 2.24) is 4.72 Å². The summed E-state index contributed by atoms with van der Waals surface area (Å²) < 4.78 is 66.7. The molecule has 1 aliphatic rings. The second-order valence-corrected chi connectivity index (χ2v) is 7.68. The first-order valence-corrected chi connectivity index (χ1v) is 9.11. The van der Waals surface area contributed by atoms with Gasteiger partial charge in [0.2, 0.25) is 10.0 Å². The molecule has 0 saturated heterocycles. The van der Waals surface area contributed by atoms with Gasteiger partial charge in [0.1, 0.15) is 4.90 Å². The standard InChI is InChI=1S/C14H18ClF3N2O2S/c15-11-6-3-5-10(14(16,17)18)13(11)23(21,22)20-12-7-2-1-4-9(12)8-19/h3,5-6,9,12,20H,1-2,4,7-8,19H2. The van der Waals surface area contributed by atoms with Gasteiger partial charge < -0.3 is 5.73 Å². The predicted molar refractivity (Wildman–Crippen MR) is 81.6 cm³/mol. The van der Waals surface area contributed by atoms with E-state index < -0.39 is 37.7 Å². The molecule has 0 radical (unpaired) electrons. The quantitative estimate of drug-likeness (QED) is 0.855. The number of halogens is 4. The van der Waals surface area contributed by atoms with Crippen LogP contribution < -0.4 is 10.5 Å². The Labute approximate surface area is 138 Å². The van der Waals surface area contributed by atoms with Crippen molar-refractivity contribution in [3.05, 3.63) is 28.8 Å². The van der Waals surface area contributed by atoms with Crippen LogP contribution in [0.2, 0.25) is 5.02 Å². The number of rotatable bonds is 4. The lowest BCUT2D eigenvalue weighted by Crippen LogP contribution is -2.45. The molecule has 0 bridgehead atoms. The fraction of sp³-hybridized carbons (Fsp3) is 0.571. The van der Waals surface area contributed by atoms with Crippen molar-refractivity contribution in [2.75, 3.05) is 6.54 Å². The minimum absolute atomic E-state index is 0.0876. The highest BCUT2D eigenvalue weighted by atomic mass is 35.5. The Morgan fingerprint density at radius 3 is 2.52 bits per heavy atom. The molecule has 1 fully saturated rings. The van der Waals surface area contributed by atoms with Crippen LogP contribution >= 0.6 is 11.6 Å². The number of nitrogens with one attached hydrogen (secondary N) is 1. The van der Waals surface area contributed by atoms with Gasteiger partial charge in [0, 0.05) is 6.04 Å². The van der Waals surface area contributed by atoms with E-state index >= 15 is 0 Å². The molecule has 1 aromatic carbocycles. The molecule has 9 heteroatoms. The Balaban J connectivity index is 2.40. The van der Waals surface area contributed by atoms with Gasteiger partial charge >= 0.3 is 6.18 Å². The molecule has 23 heavy (non-hydrogen) atoms. The molecule has 2 atom stereocenters. The van der Waals surface area contributed by atoms with Crippen LogP contribution in [0.25, 0.3) is 0 Å². The summed E-state index contributed by atoms with van der Waals surface area (Å²) in [5, 5.41) is -0.451. The lowest BCUT2D eigenvalue weighted by molar-refractivity contribution is -0.139. The van der Waals surface area contributed by atoms with Crippen LogP contribution in [0.3, 0.4) is 0 Å². The predicted octanol–water partition coefficient (Wildman–Crippen LogP) is 3.15. The second kappa shape index (κ2) is 6.96. The van der Waals surface area contributed by atoms with Crippen molar-refractivity contribution in [3.63, 3.8) is 0 Å². The van der Waals surface area contributed by atoms with E-state index in [4.69, 9.17) is 17.3 Å². The van der Waals surface area contributed by atoms with Crippen molar-refractivity contribution in [2.24, 2.45) is 11.7 Å². The van der Waals surface area contributed by atoms with E-state index in [-0.39, 0.29) is 12.5 Å². The first-order chi connectivity index (χ1) is 10.7. The monoisotopic (exact) mass is 370 g/mol. The Morgan fingerprint density at radius 1 is 1.26 bits per heavy atom. The number of sulfonamides is 1. The zero-order valence-corrected chi connectivity index (χ0v) is 13.8. The first-order valence-electron chi connectivity index (χ1n) is 7.25. The van der Waals surface area contributed by atoms with Gasteiger partial charge in [0.25, 0.3) is 0 Å². The van der Waals surface area contributed by atoms with Crippen molar-refractivity contribution in [1.29, 1.82) is 0 Å². The molecule has 0 heterocycles. The van der Waals surface area contributed by atoms with Crippen LogP contribution in [0.5, 0.6) is 0 Å². The molecule has 0 aliphatic heterocycles. The minimum atomic E-state index is -4.81. The fourth-order valence-corrected chi connectivity index (χ4v) is 5.01. The zero-order valence-electron chi connectivity index (χ0n) is 12.2. The molecular weight excluding hydrogens is 353 g/mol. The smallest absolute Gasteiger partial charge is 0.330 e. The van der Waals surface area contributed by atoms with Crippen LogP contribution in [0.15, 0.2) is 23.1 Å². The summed E-state index contributed by atoms with van der Waals surface area (Å²) in [6, 6.07) is 2.44. The van der Waals surface area contributed by atoms with Gasteiger partial charge in [-0.2, -0.15) is 13.2 Å². The zero-order chi connectivity index (χ0) is 17.3. The number of hydrogen-bond acceptors (Lipinski definition) is 3. The number of alkyl halides is 3. The number of benzene rings is 1. The van der Waals surface area contributed by atoms with Gasteiger partial charge in [-0.1, -0.05) is 30.5 Å². The maximum atomic E-state index is 13.1. The molecule has 130 valence electrons. The van der Waals surface area contributed by atoms with Gasteiger partial charge in [-0.25, -0.2) is 13.1 Å². The molecule has 0 aromatic heterocycles. The molecule has 2 unspecified atom stereocenters. The maximum absolute atomic E-state index is 13.1. The highest BCUT2D eigenvalue weighted by molar-refractivity contribution is 7.89. The van der Waals surface area contributed by atoms with Gasteiger partial charge in [0.15, 0.2) is 0 Å². The molecule has 0 spiro atoms. The van der Waals surface area contributed by atoms with Gasteiger partial charge in [-0.15, -0.1) is 0 Å². The Morgan fingerprint density at radius 2 is 1.91 bits per heavy atom. The van der Waals surface area contributed by atoms with Crippen molar-refractivity contribution < 1.29 is 21.6 Å². The van der Waals surface area contributed by atoms with Crippen LogP contribution in [0.4, 0.5) is 13.2 Å². The van der Waals surface area contributed by atoms with E-state index in [1.165, 1.54) is 0 Å². The molecule has 4 nitrogen and oxygen atoms in total. The van der Waals surface area contributed by atoms with E-state index in [1.807, 2.05) is 0 Å². The van der Waals surface area contributed by atoms with Crippen LogP contribution in [0.1, 0.15) is 31.2 Å². The topological polar surface area (TPSA) is 72.2 Å². The largest absolute Gasteiger partial charge is 0.417 e. The summed E-state index contributed by atoms with van der Waals surface area (Å²) in [6.45, 7) is 0.280. The summed E-state index contributed by atoms with van der Waals surface area (Å²) in [5.74, 6) is -0.0876. The van der Waals surface area contributed by atoms with Gasteiger partial charge in [0.05, 0.1) is 10.6 Å². The van der Waals surface area contributed by atoms with E-state index in [9.17, 15) is 21.6 Å². The highest BCUT2D eigenvalue weighted by Crippen LogP contribution is 2.38. The average molecular weight is 371 g/mol. The molecule has 3 N–H and O–H groups in total. The van der Waals surface area contributed by atoms with Gasteiger partial charge in [-0.3, -0.25) is 0 Å². The lowest BCUT2D eigenvalue weighted by atomic mass is 9.85. The molecular formula is C14H18ClF3N2O2S. The van der Waals surface area contributed by atoms with Gasteiger partial charge in [-0.05, 0) is 37.4 Å². The summed E-state index contributed by atoms with van der Waals surface area (Å²) in [7, 11) is -4.40. The number of hydrogen-bond donors (Lipinski definition) is 2. The normalized spacial score (nSPS) is 23.0. The Kier molecular flexibility index (Phi) is 5.60. The summed E-state index contributed by atoms with van der Waals surface area (Å²) in [4.78, 5) is -0.921. The van der Waals surface area contributed by atoms with Crippen LogP contribution in [-0.4, -0.2) is 21.0 Å². The van der Waals surface area contributed by atoms with Crippen molar-refractivity contribution >= 4 is 21.6 Å². The molecule has 0 amide bonds. The molecule has 2 rings (SSSR count). The first kappa shape index (κ1) is 18.5. The van der Waals surface area contributed by atoms with Crippen LogP contribution in [0, 0.1) is 5.92 Å². The summed E-state index contributed by atoms with van der Waals surface area (Å²) >= 11 is 5.76. The van der Waals surface area contributed by atoms with E-state index in [0.29, 0.717) is 12.5 Å². The van der Waals surface area contributed by atoms with Crippen LogP contribution in [-0.2, 0) is 16.2 Å². The number of nitrogens with two attached hydrogens (primary N) is 1. The third-order valence-corrected chi connectivity index (χ3v) is 6.08. The SMILES string of the molecule is NCC1CCCCC1NS(=O)(=O)c1c(Cl)cccc1C(F)(F)F. The van der Waals surface area contributed by atoms with Crippen molar-refractivity contribution in [2.45, 2.75) is 42.8 Å². The lowest BCUT2D eigenvalue weighted by Gasteiger charge is -2.31.